The molecule has 2 aromatic heterocycles. The van der Waals surface area contributed by atoms with Crippen molar-refractivity contribution in [3.63, 3.8) is 0 Å². The summed E-state index contributed by atoms with van der Waals surface area (Å²) in [5.74, 6) is 0. The molecule has 4 nitrogen and oxygen atoms in total. The lowest BCUT2D eigenvalue weighted by molar-refractivity contribution is 0.0656. The Bertz CT molecular complexity index is 442. The number of thiazole rings is 1. The van der Waals surface area contributed by atoms with Gasteiger partial charge in [-0.3, -0.25) is 9.97 Å². The highest BCUT2D eigenvalue weighted by Crippen LogP contribution is 2.19. The summed E-state index contributed by atoms with van der Waals surface area (Å²) in [4.78, 5) is 12.7. The second-order valence-corrected chi connectivity index (χ2v) is 4.52. The smallest absolute Gasteiger partial charge is 0.119 e. The molecule has 84 valence electrons. The summed E-state index contributed by atoms with van der Waals surface area (Å²) in [6.07, 6.45) is 5.25. The molecule has 2 aromatic rings. The van der Waals surface area contributed by atoms with Gasteiger partial charge in [0.15, 0.2) is 0 Å². The van der Waals surface area contributed by atoms with Crippen LogP contribution in [0, 0.1) is 0 Å². The highest BCUT2D eigenvalue weighted by Gasteiger charge is 2.06. The number of ether oxygens (including phenoxy) is 1. The summed E-state index contributed by atoms with van der Waals surface area (Å²) in [5, 5.41) is 2.94. The monoisotopic (exact) mass is 235 g/mol. The van der Waals surface area contributed by atoms with E-state index in [1.165, 1.54) is 0 Å². The van der Waals surface area contributed by atoms with Crippen LogP contribution < -0.4 is 0 Å². The van der Waals surface area contributed by atoms with E-state index in [0.717, 1.165) is 16.4 Å². The van der Waals surface area contributed by atoms with Gasteiger partial charge in [-0.25, -0.2) is 4.98 Å². The lowest BCUT2D eigenvalue weighted by Gasteiger charge is -2.03. The molecule has 0 saturated heterocycles. The highest BCUT2D eigenvalue weighted by atomic mass is 32.1. The van der Waals surface area contributed by atoms with Crippen LogP contribution in [-0.4, -0.2) is 21.1 Å². The zero-order valence-electron chi connectivity index (χ0n) is 9.25. The summed E-state index contributed by atoms with van der Waals surface area (Å²) < 4.78 is 5.49. The van der Waals surface area contributed by atoms with Crippen LogP contribution in [0.3, 0.4) is 0 Å². The van der Waals surface area contributed by atoms with E-state index in [9.17, 15) is 0 Å². The fourth-order valence-corrected chi connectivity index (χ4v) is 1.87. The van der Waals surface area contributed by atoms with Gasteiger partial charge in [0, 0.05) is 17.8 Å². The Kier molecular flexibility index (Phi) is 3.58. The van der Waals surface area contributed by atoms with Gasteiger partial charge in [-0.15, -0.1) is 11.3 Å². The van der Waals surface area contributed by atoms with E-state index in [2.05, 4.69) is 15.0 Å². The Morgan fingerprint density at radius 1 is 1.31 bits per heavy atom. The highest BCUT2D eigenvalue weighted by molar-refractivity contribution is 7.09. The standard InChI is InChI=1S/C11H13N3OS/c1-8(2)15-6-11-14-10(7-16-11)9-5-12-3-4-13-9/h3-5,7-8H,6H2,1-2H3. The zero-order chi connectivity index (χ0) is 11.4. The van der Waals surface area contributed by atoms with Crippen LogP contribution in [0.5, 0.6) is 0 Å². The first-order valence-electron chi connectivity index (χ1n) is 5.08. The van der Waals surface area contributed by atoms with E-state index < -0.39 is 0 Å². The van der Waals surface area contributed by atoms with Crippen LogP contribution in [0.2, 0.25) is 0 Å². The fraction of sp³-hybridized carbons (Fsp3) is 0.364. The van der Waals surface area contributed by atoms with Crippen molar-refractivity contribution in [3.8, 4) is 11.4 Å². The maximum absolute atomic E-state index is 5.49. The molecule has 0 bridgehead atoms. The minimum Gasteiger partial charge on any atom is -0.372 e. The Balaban J connectivity index is 2.08. The third kappa shape index (κ3) is 2.84. The Morgan fingerprint density at radius 3 is 2.88 bits per heavy atom. The SMILES string of the molecule is CC(C)OCc1nc(-c2cnccn2)cs1. The van der Waals surface area contributed by atoms with E-state index in [-0.39, 0.29) is 6.10 Å². The van der Waals surface area contributed by atoms with Crippen LogP contribution >= 0.6 is 11.3 Å². The van der Waals surface area contributed by atoms with Crippen molar-refractivity contribution >= 4 is 11.3 Å². The topological polar surface area (TPSA) is 47.9 Å². The first-order valence-corrected chi connectivity index (χ1v) is 5.96. The van der Waals surface area contributed by atoms with E-state index in [0.29, 0.717) is 6.61 Å². The maximum Gasteiger partial charge on any atom is 0.119 e. The summed E-state index contributed by atoms with van der Waals surface area (Å²) in [6.45, 7) is 4.58. The molecule has 0 N–H and O–H groups in total. The summed E-state index contributed by atoms with van der Waals surface area (Å²) in [6, 6.07) is 0. The van der Waals surface area contributed by atoms with Gasteiger partial charge in [-0.1, -0.05) is 0 Å². The molecular weight excluding hydrogens is 222 g/mol. The molecule has 5 heteroatoms. The van der Waals surface area contributed by atoms with Crippen molar-refractivity contribution in [1.29, 1.82) is 0 Å². The molecule has 16 heavy (non-hydrogen) atoms. The molecule has 0 amide bonds. The number of aromatic nitrogens is 3. The third-order valence-corrected chi connectivity index (χ3v) is 2.74. The molecule has 0 radical (unpaired) electrons. The number of hydrogen-bond donors (Lipinski definition) is 0. The number of nitrogens with zero attached hydrogens (tertiary/aromatic N) is 3. The Labute approximate surface area is 98.4 Å². The molecule has 0 atom stereocenters. The first-order chi connectivity index (χ1) is 7.75. The van der Waals surface area contributed by atoms with Crippen molar-refractivity contribution < 1.29 is 4.74 Å². The van der Waals surface area contributed by atoms with Gasteiger partial charge in [0.1, 0.15) is 16.4 Å². The van der Waals surface area contributed by atoms with Gasteiger partial charge < -0.3 is 4.74 Å². The lowest BCUT2D eigenvalue weighted by Crippen LogP contribution is -2.01. The van der Waals surface area contributed by atoms with Crippen LogP contribution in [0.25, 0.3) is 11.4 Å². The van der Waals surface area contributed by atoms with Crippen LogP contribution in [0.4, 0.5) is 0 Å². The van der Waals surface area contributed by atoms with E-state index in [4.69, 9.17) is 4.74 Å². The molecule has 0 aromatic carbocycles. The summed E-state index contributed by atoms with van der Waals surface area (Å²) >= 11 is 1.58. The molecule has 2 rings (SSSR count). The molecule has 0 saturated carbocycles. The molecule has 0 unspecified atom stereocenters. The van der Waals surface area contributed by atoms with Gasteiger partial charge in [0.25, 0.3) is 0 Å². The van der Waals surface area contributed by atoms with E-state index in [1.807, 2.05) is 19.2 Å². The zero-order valence-corrected chi connectivity index (χ0v) is 10.1. The predicted molar refractivity (Wildman–Crippen MR) is 63.1 cm³/mol. The lowest BCUT2D eigenvalue weighted by atomic mass is 10.3. The van der Waals surface area contributed by atoms with Gasteiger partial charge in [-0.05, 0) is 13.8 Å². The van der Waals surface area contributed by atoms with Crippen LogP contribution in [0.15, 0.2) is 24.0 Å². The molecule has 0 aliphatic rings. The molecule has 2 heterocycles. The Morgan fingerprint density at radius 2 is 2.19 bits per heavy atom. The van der Waals surface area contributed by atoms with E-state index >= 15 is 0 Å². The molecule has 0 aliphatic carbocycles. The fourth-order valence-electron chi connectivity index (χ4n) is 1.16. The molecule has 0 spiro atoms. The quantitative estimate of drug-likeness (QED) is 0.817. The van der Waals surface area contributed by atoms with Gasteiger partial charge in [-0.2, -0.15) is 0 Å². The van der Waals surface area contributed by atoms with E-state index in [1.54, 1.807) is 29.9 Å². The minimum atomic E-state index is 0.226. The molecule has 0 aliphatic heterocycles. The van der Waals surface area contributed by atoms with Crippen LogP contribution in [0.1, 0.15) is 18.9 Å². The van der Waals surface area contributed by atoms with Crippen molar-refractivity contribution in [2.24, 2.45) is 0 Å². The Hall–Kier alpha value is -1.33. The average molecular weight is 235 g/mol. The third-order valence-electron chi connectivity index (χ3n) is 1.92. The van der Waals surface area contributed by atoms with Gasteiger partial charge in [0.05, 0.1) is 18.9 Å². The van der Waals surface area contributed by atoms with Crippen molar-refractivity contribution in [2.75, 3.05) is 0 Å². The van der Waals surface area contributed by atoms with Crippen molar-refractivity contribution in [2.45, 2.75) is 26.6 Å². The van der Waals surface area contributed by atoms with Gasteiger partial charge in [0.2, 0.25) is 0 Å². The second kappa shape index (κ2) is 5.14. The van der Waals surface area contributed by atoms with Crippen molar-refractivity contribution in [1.82, 2.24) is 15.0 Å². The summed E-state index contributed by atoms with van der Waals surface area (Å²) in [5.41, 5.74) is 1.66. The largest absolute Gasteiger partial charge is 0.372 e. The minimum absolute atomic E-state index is 0.226. The van der Waals surface area contributed by atoms with Gasteiger partial charge >= 0.3 is 0 Å². The maximum atomic E-state index is 5.49. The van der Waals surface area contributed by atoms with Crippen molar-refractivity contribution in [3.05, 3.63) is 29.0 Å². The number of hydrogen-bond acceptors (Lipinski definition) is 5. The first kappa shape index (κ1) is 11.2. The number of rotatable bonds is 4. The second-order valence-electron chi connectivity index (χ2n) is 3.58. The molecular formula is C11H13N3OS. The van der Waals surface area contributed by atoms with Crippen LogP contribution in [-0.2, 0) is 11.3 Å². The normalized spacial score (nSPS) is 10.9. The molecule has 0 fully saturated rings. The average Bonchev–Trinajstić information content (AvgIpc) is 2.76. The summed E-state index contributed by atoms with van der Waals surface area (Å²) in [7, 11) is 0. The predicted octanol–water partition coefficient (Wildman–Crippen LogP) is 2.53.